The number of carbonyl (C=O) groups is 1. The summed E-state index contributed by atoms with van der Waals surface area (Å²) in [5.74, 6) is 0.355. The number of rotatable bonds is 1. The van der Waals surface area contributed by atoms with Crippen molar-refractivity contribution < 1.29 is 14.5 Å². The van der Waals surface area contributed by atoms with Crippen LogP contribution in [0.1, 0.15) is 33.4 Å². The van der Waals surface area contributed by atoms with Crippen molar-refractivity contribution in [3.63, 3.8) is 0 Å². The highest BCUT2D eigenvalue weighted by atomic mass is 16.6. The molecule has 0 radical (unpaired) electrons. The van der Waals surface area contributed by atoms with Crippen molar-refractivity contribution >= 4 is 17.6 Å². The predicted molar refractivity (Wildman–Crippen MR) is 76.4 cm³/mol. The number of nitrogens with zero attached hydrogens (tertiary/aromatic N) is 4. The van der Waals surface area contributed by atoms with Crippen LogP contribution in [0.15, 0.2) is 0 Å². The van der Waals surface area contributed by atoms with Gasteiger partial charge in [-0.1, -0.05) is 6.92 Å². The summed E-state index contributed by atoms with van der Waals surface area (Å²) in [6.07, 6.45) is -0.585. The maximum Gasteiger partial charge on any atom is 0.416 e. The van der Waals surface area contributed by atoms with Crippen molar-refractivity contribution in [2.24, 2.45) is 5.92 Å². The van der Waals surface area contributed by atoms with E-state index >= 15 is 0 Å². The monoisotopic (exact) mass is 296 g/mol. The zero-order valence-corrected chi connectivity index (χ0v) is 12.9. The summed E-state index contributed by atoms with van der Waals surface area (Å²) in [5.41, 5.74) is -0.489. The predicted octanol–water partition coefficient (Wildman–Crippen LogP) is 2.49. The molecule has 1 amide bonds. The van der Waals surface area contributed by atoms with Crippen molar-refractivity contribution in [1.29, 1.82) is 0 Å². The molecular formula is C13H20N4O4. The zero-order chi connectivity index (χ0) is 15.9. The number of aryl methyl sites for hydroxylation is 1. The first-order valence-corrected chi connectivity index (χ1v) is 6.82. The van der Waals surface area contributed by atoms with Crippen molar-refractivity contribution in [2.75, 3.05) is 11.4 Å². The second-order valence-electron chi connectivity index (χ2n) is 6.39. The minimum Gasteiger partial charge on any atom is -0.443 e. The summed E-state index contributed by atoms with van der Waals surface area (Å²) in [5, 5.41) is 15.4. The number of hydrogen-bond acceptors (Lipinski definition) is 5. The molecular weight excluding hydrogens is 276 g/mol. The summed E-state index contributed by atoms with van der Waals surface area (Å²) in [6, 6.07) is 0. The molecule has 1 unspecified atom stereocenters. The Morgan fingerprint density at radius 2 is 2.05 bits per heavy atom. The lowest BCUT2D eigenvalue weighted by atomic mass is 10.1. The van der Waals surface area contributed by atoms with E-state index in [9.17, 15) is 14.9 Å². The molecule has 2 heterocycles. The van der Waals surface area contributed by atoms with E-state index in [0.717, 1.165) is 0 Å². The normalized spacial score (nSPS) is 18.3. The van der Waals surface area contributed by atoms with Gasteiger partial charge in [-0.3, -0.25) is 15.0 Å². The summed E-state index contributed by atoms with van der Waals surface area (Å²) in [6.45, 7) is 9.73. The molecule has 0 saturated carbocycles. The Morgan fingerprint density at radius 3 is 2.57 bits per heavy atom. The lowest BCUT2D eigenvalue weighted by Gasteiger charge is -2.32. The summed E-state index contributed by atoms with van der Waals surface area (Å²) in [4.78, 5) is 24.4. The van der Waals surface area contributed by atoms with Gasteiger partial charge in [0.05, 0.1) is 4.92 Å². The highest BCUT2D eigenvalue weighted by molar-refractivity contribution is 5.90. The maximum atomic E-state index is 12.3. The van der Waals surface area contributed by atoms with Gasteiger partial charge in [-0.15, -0.1) is 0 Å². The average molecular weight is 296 g/mol. The number of ether oxygens (including phenoxy) is 1. The van der Waals surface area contributed by atoms with Crippen LogP contribution in [0.25, 0.3) is 0 Å². The number of carbonyl (C=O) groups excluding carboxylic acids is 1. The van der Waals surface area contributed by atoms with Gasteiger partial charge in [0.25, 0.3) is 0 Å². The van der Waals surface area contributed by atoms with Gasteiger partial charge in [0.2, 0.25) is 5.82 Å². The Balaban J connectivity index is 2.46. The molecule has 0 fully saturated rings. The first-order valence-electron chi connectivity index (χ1n) is 6.82. The minimum atomic E-state index is -0.660. The number of fused-ring (bicyclic) bond motifs is 1. The topological polar surface area (TPSA) is 90.5 Å². The van der Waals surface area contributed by atoms with Crippen LogP contribution >= 0.6 is 0 Å². The number of amides is 1. The third-order valence-electron chi connectivity index (χ3n) is 3.10. The van der Waals surface area contributed by atoms with E-state index in [0.29, 0.717) is 18.8 Å². The van der Waals surface area contributed by atoms with Crippen molar-refractivity contribution in [3.05, 3.63) is 15.8 Å². The highest BCUT2D eigenvalue weighted by Crippen LogP contribution is 2.36. The molecule has 1 aliphatic heterocycles. The second kappa shape index (κ2) is 5.01. The van der Waals surface area contributed by atoms with Crippen LogP contribution < -0.4 is 4.90 Å². The quantitative estimate of drug-likeness (QED) is 0.586. The number of nitro groups is 1. The van der Waals surface area contributed by atoms with Crippen molar-refractivity contribution in [3.8, 4) is 0 Å². The third kappa shape index (κ3) is 2.98. The van der Waals surface area contributed by atoms with E-state index in [4.69, 9.17) is 4.74 Å². The van der Waals surface area contributed by atoms with Crippen LogP contribution in [0, 0.1) is 23.0 Å². The molecule has 116 valence electrons. The minimum absolute atomic E-state index is 0.132. The molecule has 1 aromatic heterocycles. The fourth-order valence-electron chi connectivity index (χ4n) is 2.40. The summed E-state index contributed by atoms with van der Waals surface area (Å²) < 4.78 is 6.87. The SMILES string of the molecule is Cc1nn2c(c1[N+](=O)[O-])N(C(=O)OC(C)(C)C)CC(C)C2. The largest absolute Gasteiger partial charge is 0.443 e. The average Bonchev–Trinajstić information content (AvgIpc) is 2.61. The Bertz CT molecular complexity index is 588. The molecule has 1 atom stereocenters. The van der Waals surface area contributed by atoms with Gasteiger partial charge in [-0.25, -0.2) is 9.48 Å². The van der Waals surface area contributed by atoms with E-state index in [-0.39, 0.29) is 17.4 Å². The first kappa shape index (κ1) is 15.3. The van der Waals surface area contributed by atoms with Gasteiger partial charge in [0.15, 0.2) is 0 Å². The van der Waals surface area contributed by atoms with Crippen molar-refractivity contribution in [1.82, 2.24) is 9.78 Å². The Labute approximate surface area is 122 Å². The second-order valence-corrected chi connectivity index (χ2v) is 6.39. The van der Waals surface area contributed by atoms with Crippen LogP contribution in [-0.2, 0) is 11.3 Å². The fraction of sp³-hybridized carbons (Fsp3) is 0.692. The van der Waals surface area contributed by atoms with Crippen LogP contribution in [0.2, 0.25) is 0 Å². The number of anilines is 1. The zero-order valence-electron chi connectivity index (χ0n) is 12.9. The van der Waals surface area contributed by atoms with Crippen LogP contribution in [0.5, 0.6) is 0 Å². The number of hydrogen-bond donors (Lipinski definition) is 0. The molecule has 8 nitrogen and oxygen atoms in total. The first-order chi connectivity index (χ1) is 9.60. The Kier molecular flexibility index (Phi) is 3.65. The van der Waals surface area contributed by atoms with Gasteiger partial charge in [-0.05, 0) is 33.6 Å². The van der Waals surface area contributed by atoms with Gasteiger partial charge >= 0.3 is 11.8 Å². The van der Waals surface area contributed by atoms with E-state index < -0.39 is 16.6 Å². The van der Waals surface area contributed by atoms with Crippen LogP contribution in [0.3, 0.4) is 0 Å². The molecule has 0 aromatic carbocycles. The van der Waals surface area contributed by atoms with Gasteiger partial charge in [-0.2, -0.15) is 5.10 Å². The smallest absolute Gasteiger partial charge is 0.416 e. The Hall–Kier alpha value is -2.12. The van der Waals surface area contributed by atoms with Gasteiger partial charge in [0.1, 0.15) is 11.3 Å². The maximum absolute atomic E-state index is 12.3. The van der Waals surface area contributed by atoms with Crippen LogP contribution in [-0.4, -0.2) is 32.9 Å². The van der Waals surface area contributed by atoms with E-state index in [1.165, 1.54) is 9.58 Å². The molecule has 1 aromatic rings. The molecule has 0 bridgehead atoms. The molecule has 8 heteroatoms. The lowest BCUT2D eigenvalue weighted by molar-refractivity contribution is -0.384. The molecule has 1 aliphatic rings. The summed E-state index contributed by atoms with van der Waals surface area (Å²) in [7, 11) is 0. The van der Waals surface area contributed by atoms with E-state index in [2.05, 4.69) is 5.10 Å². The molecule has 0 saturated heterocycles. The van der Waals surface area contributed by atoms with E-state index in [1.807, 2.05) is 6.92 Å². The molecule has 2 rings (SSSR count). The Morgan fingerprint density at radius 1 is 1.43 bits per heavy atom. The molecule has 0 aliphatic carbocycles. The highest BCUT2D eigenvalue weighted by Gasteiger charge is 2.38. The van der Waals surface area contributed by atoms with Gasteiger partial charge < -0.3 is 4.74 Å². The third-order valence-corrected chi connectivity index (χ3v) is 3.10. The molecule has 0 spiro atoms. The fourth-order valence-corrected chi connectivity index (χ4v) is 2.40. The van der Waals surface area contributed by atoms with E-state index in [1.54, 1.807) is 27.7 Å². The van der Waals surface area contributed by atoms with Gasteiger partial charge in [0, 0.05) is 13.1 Å². The summed E-state index contributed by atoms with van der Waals surface area (Å²) >= 11 is 0. The van der Waals surface area contributed by atoms with Crippen LogP contribution in [0.4, 0.5) is 16.3 Å². The molecule has 0 N–H and O–H groups in total. The molecule has 21 heavy (non-hydrogen) atoms. The number of aromatic nitrogens is 2. The lowest BCUT2D eigenvalue weighted by Crippen LogP contribution is -2.44. The standard InChI is InChI=1S/C13H20N4O4/c1-8-6-15(12(18)21-13(3,4)5)11-10(17(19)20)9(2)14-16(11)7-8/h8H,6-7H2,1-5H3. The van der Waals surface area contributed by atoms with Crippen molar-refractivity contribution in [2.45, 2.75) is 46.8 Å².